The zero-order valence-electron chi connectivity index (χ0n) is 90.8. The summed E-state index contributed by atoms with van der Waals surface area (Å²) in [4.78, 5) is 197. The van der Waals surface area contributed by atoms with Crippen LogP contribution in [0, 0.1) is 63.7 Å². The molecule has 0 aliphatic rings. The first-order valence-corrected chi connectivity index (χ1v) is 56.7. The molecular formula is C100H172N20O23S3. The number of rotatable bonds is 62. The smallest absolute Gasteiger partial charge is 0.252 e. The van der Waals surface area contributed by atoms with E-state index < -0.39 is 185 Å². The number of sulfone groups is 3. The van der Waals surface area contributed by atoms with Gasteiger partial charge in [-0.25, -0.2) is 25.3 Å². The molecule has 0 aliphatic carbocycles. The number of carbonyl (C=O) groups excluding carboxylic acids is 15. The molecule has 0 spiro atoms. The molecule has 0 aliphatic heterocycles. The molecule has 0 saturated heterocycles. The first-order chi connectivity index (χ1) is 67.9. The van der Waals surface area contributed by atoms with Crippen LogP contribution in [-0.2, 0) is 87.0 Å². The van der Waals surface area contributed by atoms with Gasteiger partial charge >= 0.3 is 0 Å². The van der Waals surface area contributed by atoms with Crippen LogP contribution in [0.2, 0.25) is 0 Å². The zero-order chi connectivity index (χ0) is 112. The van der Waals surface area contributed by atoms with Crippen molar-refractivity contribution in [3.63, 3.8) is 0 Å². The summed E-state index contributed by atoms with van der Waals surface area (Å²) in [5, 5.41) is 73.6. The number of carbonyl (C=O) groups is 15. The van der Waals surface area contributed by atoms with E-state index in [1.807, 2.05) is 125 Å². The van der Waals surface area contributed by atoms with Gasteiger partial charge in [0.15, 0.2) is 34.6 Å². The lowest BCUT2D eigenvalue weighted by molar-refractivity contribution is -0.605. The lowest BCUT2D eigenvalue weighted by Gasteiger charge is -2.29. The second kappa shape index (κ2) is 66.3. The van der Waals surface area contributed by atoms with E-state index in [4.69, 9.17) is 0 Å². The highest BCUT2D eigenvalue weighted by Crippen LogP contribution is 2.20. The molecule has 0 saturated carbocycles. The maximum atomic E-state index is 13.7. The molecule has 0 radical (unpaired) electrons. The number of hydrogen-bond acceptors (Lipinski definition) is 26. The highest BCUT2D eigenvalue weighted by molar-refractivity contribution is 7.91. The van der Waals surface area contributed by atoms with Gasteiger partial charge in [-0.15, -0.1) is 0 Å². The molecule has 18 atom stereocenters. The van der Waals surface area contributed by atoms with Crippen LogP contribution in [0.1, 0.15) is 262 Å². The quantitative estimate of drug-likeness (QED) is 0.0285. The van der Waals surface area contributed by atoms with Crippen LogP contribution in [0.5, 0.6) is 0 Å². The van der Waals surface area contributed by atoms with Crippen LogP contribution in [0.3, 0.4) is 0 Å². The number of pyridine rings is 2. The number of nitrogens with zero attached hydrogens (tertiary/aromatic N) is 2. The Bertz CT molecular complexity index is 5010. The summed E-state index contributed by atoms with van der Waals surface area (Å²) < 4.78 is 73.5. The third kappa shape index (κ3) is 51.0. The lowest BCUT2D eigenvalue weighted by Crippen LogP contribution is -2.59. The molecule has 0 bridgehead atoms. The minimum absolute atomic E-state index is 0.0774. The molecule has 15 amide bonds. The van der Waals surface area contributed by atoms with Crippen LogP contribution >= 0.6 is 0 Å². The van der Waals surface area contributed by atoms with Crippen molar-refractivity contribution in [2.75, 3.05) is 69.5 Å². The van der Waals surface area contributed by atoms with Gasteiger partial charge in [0, 0.05) is 106 Å². The van der Waals surface area contributed by atoms with Crippen molar-refractivity contribution in [1.29, 1.82) is 0 Å². The normalized spacial score (nSPS) is 15.4. The van der Waals surface area contributed by atoms with Crippen molar-refractivity contribution in [2.24, 2.45) is 53.3 Å². The molecule has 46 heteroatoms. The Morgan fingerprint density at radius 1 is 0.301 bits per heavy atom. The van der Waals surface area contributed by atoms with Gasteiger partial charge in [-0.3, -0.25) is 71.9 Å². The summed E-state index contributed by atoms with van der Waals surface area (Å²) in [6.07, 6.45) is 11.5. The van der Waals surface area contributed by atoms with Crippen molar-refractivity contribution in [1.82, 2.24) is 95.7 Å². The van der Waals surface area contributed by atoms with Gasteiger partial charge in [0.25, 0.3) is 17.7 Å². The first-order valence-electron chi connectivity index (χ1n) is 50.7. The Kier molecular flexibility index (Phi) is 60.3. The van der Waals surface area contributed by atoms with Crippen LogP contribution in [0.25, 0.3) is 0 Å². The minimum atomic E-state index is -3.76. The molecule has 3 aromatic rings. The molecule has 1 aromatic carbocycles. The average Bonchev–Trinajstić information content (AvgIpc) is 0.830. The van der Waals surface area contributed by atoms with E-state index in [0.717, 1.165) is 43.6 Å². The fraction of sp³-hybridized carbons (Fsp3) is 0.690. The molecule has 828 valence electrons. The van der Waals surface area contributed by atoms with Crippen LogP contribution in [0.15, 0.2) is 78.2 Å². The number of amides is 15. The Morgan fingerprint density at radius 3 is 0.808 bits per heavy atom. The third-order valence-corrected chi connectivity index (χ3v) is 27.1. The molecule has 2 heterocycles. The second-order valence-corrected chi connectivity index (χ2v) is 46.4. The first kappa shape index (κ1) is 133. The van der Waals surface area contributed by atoms with Gasteiger partial charge in [0.2, 0.25) is 70.9 Å². The van der Waals surface area contributed by atoms with Crippen molar-refractivity contribution >= 4 is 118 Å². The third-order valence-electron chi connectivity index (χ3n) is 24.0. The summed E-state index contributed by atoms with van der Waals surface area (Å²) in [5.74, 6) is -9.37. The van der Waals surface area contributed by atoms with Crippen molar-refractivity contribution < 1.29 is 107 Å². The number of hydrogen-bond donors (Lipinski definition) is 18. The number of nitrogens with one attached hydrogen (secondary N) is 18. The standard InChI is InChI=1S/C35H60N6O7S.C33H57N7O8S.C32H55N7O8S/c1-11-14-28(39-35(46)30(23(8)12-2)41-32(43)25-15-17-27(18-16-25)49(10,47)48)33(44)38-26(19-21(4)5)20-37-24(9)31(42)40-29(22(6)7)34(45)36-13-3;1-10-22(7)28(39-30(42)24-12-15-40(46)16-13-24)33(45)37-26(14-17-49(9,47)48)31(43)36-25(18-20(3)4)19-35-23(8)29(41)38-27(21(5)6)32(44)34-11-2;1-10-21(7)27(38-29(41)23-12-14-39(45)15-13-23)32(44)36-25(18-48(9,46)47)30(42)35-24(16-19(3)4)17-34-22(8)28(40)37-26(20(5)6)31(43)33-11-2/h15-18,21-24,26,28-30,37H,11-14,19-20H2,1-10H3,(H,36,45)(H,38,44)(H,39,46)(H,40,42)(H,41,43);12-13,15-16,20-23,25-28,35H,10-11,14,17-19H2,1-9H3,(H,34,44)(H,36,43)(H,37,45)(H,38,41)(H,39,42);12-15,19-22,24-27,34H,10-11,16-18H2,1-9H3,(H,33,43)(H,35,42)(H,36,44)(H,37,40)(H,38,41)/t23-,24-,26-,28-,29-,30-;22-,23-,25-,26-,27-,28-;21-,22-,24-,25-,26-,27-/m000/s1. The SMILES string of the molecule is CCC[C@H](NC(=O)[C@@H](NC(=O)c1ccc(S(C)(=O)=O)cc1)[C@@H](C)CC)C(=O)N[C@H](CN[C@@H](C)C(=O)N[C@H](C(=O)NCC)C(C)C)CC(C)C.CCNC(=O)[C@@H](NC(=O)[C@H](C)NC[C@H](CC(C)C)NC(=O)[C@H](CCS(C)(=O)=O)NC(=O)[C@@H](NC(=O)c1cc[n+]([O-])cc1)[C@@H](C)CC)C(C)C.CCNC(=O)[C@@H](NC(=O)[C@H](C)NC[C@H](CC(C)C)NC(=O)[C@H](CS(C)(=O)=O)NC(=O)[C@@H](NC(=O)c1cc[n+]([O-])cc1)[C@@H](C)CC)C(C)C. The summed E-state index contributed by atoms with van der Waals surface area (Å²) in [6, 6.07) is -1.65. The molecule has 0 fully saturated rings. The molecule has 18 N–H and O–H groups in total. The molecule has 2 aromatic heterocycles. The van der Waals surface area contributed by atoms with Crippen LogP contribution < -0.4 is 105 Å². The van der Waals surface area contributed by atoms with Gasteiger partial charge in [-0.2, -0.15) is 9.46 Å². The van der Waals surface area contributed by atoms with E-state index in [-0.39, 0.29) is 136 Å². The van der Waals surface area contributed by atoms with Crippen molar-refractivity contribution in [2.45, 2.75) is 326 Å². The van der Waals surface area contributed by atoms with E-state index >= 15 is 0 Å². The van der Waals surface area contributed by atoms with Gasteiger partial charge in [-0.05, 0) is 151 Å². The Morgan fingerprint density at radius 2 is 0.568 bits per heavy atom. The van der Waals surface area contributed by atoms with Crippen LogP contribution in [-0.4, -0.2) is 274 Å². The lowest BCUT2D eigenvalue weighted by atomic mass is 9.97. The van der Waals surface area contributed by atoms with E-state index in [9.17, 15) is 108 Å². The molecular weight excluding hydrogens is 1950 g/mol. The van der Waals surface area contributed by atoms with Crippen LogP contribution in [0.4, 0.5) is 0 Å². The minimum Gasteiger partial charge on any atom is -0.619 e. The van der Waals surface area contributed by atoms with E-state index in [2.05, 4.69) is 95.7 Å². The predicted molar refractivity (Wildman–Crippen MR) is 560 cm³/mol. The van der Waals surface area contributed by atoms with Gasteiger partial charge in [0.1, 0.15) is 74.1 Å². The predicted octanol–water partition coefficient (Wildman–Crippen LogP) is 2.26. The maximum absolute atomic E-state index is 13.7. The summed E-state index contributed by atoms with van der Waals surface area (Å²) in [6.45, 7) is 47.9. The summed E-state index contributed by atoms with van der Waals surface area (Å²) >= 11 is 0. The highest BCUT2D eigenvalue weighted by atomic mass is 32.2. The Balaban J connectivity index is 0.00000110. The largest absolute Gasteiger partial charge is 0.619 e. The zero-order valence-corrected chi connectivity index (χ0v) is 93.3. The molecule has 3 rings (SSSR count). The monoisotopic (exact) mass is 2120 g/mol. The van der Waals surface area contributed by atoms with Gasteiger partial charge in [-0.1, -0.05) is 157 Å². The molecule has 0 unspecified atom stereocenters. The summed E-state index contributed by atoms with van der Waals surface area (Å²) in [5.41, 5.74) is 0.507. The highest BCUT2D eigenvalue weighted by Gasteiger charge is 2.39. The topological polar surface area (TPSA) is 629 Å². The fourth-order valence-corrected chi connectivity index (χ4v) is 17.0. The fourth-order valence-electron chi connectivity index (χ4n) is 14.9. The molecule has 146 heavy (non-hydrogen) atoms. The van der Waals surface area contributed by atoms with E-state index in [1.165, 1.54) is 48.5 Å². The Labute approximate surface area is 865 Å². The number of aromatic nitrogens is 2. The number of likely N-dealkylation sites (N-methyl/N-ethyl adjacent to an activating group) is 3. The average molecular weight is 2120 g/mol. The maximum Gasteiger partial charge on any atom is 0.252 e. The van der Waals surface area contributed by atoms with Gasteiger partial charge < -0.3 is 106 Å². The van der Waals surface area contributed by atoms with E-state index in [0.29, 0.717) is 80.5 Å². The number of benzene rings is 1. The Hall–Kier alpha value is -11.1. The molecule has 43 nitrogen and oxygen atoms in total. The van der Waals surface area contributed by atoms with Gasteiger partial charge in [0.05, 0.1) is 45.7 Å². The summed E-state index contributed by atoms with van der Waals surface area (Å²) in [7, 11) is -10.7. The second-order valence-electron chi connectivity index (χ2n) is 40.0. The van der Waals surface area contributed by atoms with E-state index in [1.54, 1.807) is 48.5 Å². The van der Waals surface area contributed by atoms with Crippen molar-refractivity contribution in [3.8, 4) is 0 Å². The van der Waals surface area contributed by atoms with Crippen molar-refractivity contribution in [3.05, 3.63) is 100 Å².